The van der Waals surface area contributed by atoms with E-state index in [-0.39, 0.29) is 18.4 Å². The molecule has 0 aliphatic heterocycles. The van der Waals surface area contributed by atoms with Crippen molar-refractivity contribution < 1.29 is 22.6 Å². The van der Waals surface area contributed by atoms with Crippen LogP contribution in [0, 0.1) is 11.8 Å². The molecule has 0 saturated heterocycles. The van der Waals surface area contributed by atoms with Crippen LogP contribution in [0.25, 0.3) is 0 Å². The zero-order valence-corrected chi connectivity index (χ0v) is 11.0. The fraction of sp³-hybridized carbons (Fsp3) is 1.00. The fourth-order valence-electron chi connectivity index (χ4n) is 2.00. The lowest BCUT2D eigenvalue weighted by Gasteiger charge is -2.27. The highest BCUT2D eigenvalue weighted by Crippen LogP contribution is 2.27. The van der Waals surface area contributed by atoms with Crippen LogP contribution in [0.5, 0.6) is 0 Å². The Morgan fingerprint density at radius 2 is 1.71 bits per heavy atom. The van der Waals surface area contributed by atoms with Gasteiger partial charge in [0.25, 0.3) is 0 Å². The number of ether oxygens (including phenoxy) is 2. The van der Waals surface area contributed by atoms with Crippen LogP contribution in [0.2, 0.25) is 0 Å². The topological polar surface area (TPSA) is 18.5 Å². The number of hydrogen-bond acceptors (Lipinski definition) is 2. The Morgan fingerprint density at radius 3 is 2.06 bits per heavy atom. The van der Waals surface area contributed by atoms with E-state index in [0.29, 0.717) is 12.5 Å². The summed E-state index contributed by atoms with van der Waals surface area (Å²) >= 11 is 0. The van der Waals surface area contributed by atoms with E-state index >= 15 is 0 Å². The zero-order chi connectivity index (χ0) is 13.5. The predicted octanol–water partition coefficient (Wildman–Crippen LogP) is 3.65. The van der Waals surface area contributed by atoms with Crippen LogP contribution in [-0.4, -0.2) is 33.1 Å². The highest BCUT2D eigenvalue weighted by atomic mass is 19.4. The summed E-state index contributed by atoms with van der Waals surface area (Å²) in [7, 11) is 3.02. The average molecular weight is 256 g/mol. The van der Waals surface area contributed by atoms with Gasteiger partial charge >= 0.3 is 6.18 Å². The van der Waals surface area contributed by atoms with E-state index in [1.165, 1.54) is 7.11 Å². The predicted molar refractivity (Wildman–Crippen MR) is 60.9 cm³/mol. The van der Waals surface area contributed by atoms with E-state index in [1.807, 2.05) is 13.8 Å². The van der Waals surface area contributed by atoms with E-state index in [4.69, 9.17) is 9.47 Å². The third-order valence-corrected chi connectivity index (χ3v) is 2.70. The first-order valence-corrected chi connectivity index (χ1v) is 5.88. The second-order valence-electron chi connectivity index (χ2n) is 4.77. The molecule has 0 aliphatic rings. The van der Waals surface area contributed by atoms with E-state index in [0.717, 1.165) is 6.42 Å². The Balaban J connectivity index is 4.33. The minimum Gasteiger partial charge on any atom is -0.384 e. The molecule has 2 unspecified atom stereocenters. The summed E-state index contributed by atoms with van der Waals surface area (Å²) in [6.45, 7) is 4.52. The molecule has 0 aromatic heterocycles. The number of alkyl halides is 3. The summed E-state index contributed by atoms with van der Waals surface area (Å²) < 4.78 is 46.8. The second-order valence-corrected chi connectivity index (χ2v) is 4.77. The van der Waals surface area contributed by atoms with Crippen molar-refractivity contribution in [2.24, 2.45) is 11.8 Å². The molecule has 17 heavy (non-hydrogen) atoms. The molecule has 0 rings (SSSR count). The van der Waals surface area contributed by atoms with Crippen molar-refractivity contribution in [1.29, 1.82) is 0 Å². The van der Waals surface area contributed by atoms with Crippen LogP contribution in [0.1, 0.15) is 33.1 Å². The van der Waals surface area contributed by atoms with Gasteiger partial charge in [0.1, 0.15) is 0 Å². The van der Waals surface area contributed by atoms with Gasteiger partial charge < -0.3 is 9.47 Å². The summed E-state index contributed by atoms with van der Waals surface area (Å²) in [6.07, 6.45) is -4.50. The first-order valence-electron chi connectivity index (χ1n) is 5.88. The van der Waals surface area contributed by atoms with E-state index in [9.17, 15) is 13.2 Å². The Hall–Kier alpha value is -0.290. The number of methoxy groups -OCH3 is 2. The van der Waals surface area contributed by atoms with E-state index < -0.39 is 12.6 Å². The van der Waals surface area contributed by atoms with Crippen LogP contribution in [0.15, 0.2) is 0 Å². The van der Waals surface area contributed by atoms with E-state index in [1.54, 1.807) is 7.11 Å². The van der Waals surface area contributed by atoms with Gasteiger partial charge in [-0.05, 0) is 18.8 Å². The van der Waals surface area contributed by atoms with Crippen molar-refractivity contribution in [1.82, 2.24) is 0 Å². The first kappa shape index (κ1) is 16.7. The smallest absolute Gasteiger partial charge is 0.384 e. The van der Waals surface area contributed by atoms with Gasteiger partial charge in [-0.3, -0.25) is 0 Å². The molecule has 0 aliphatic carbocycles. The number of rotatable bonds is 8. The maximum absolute atomic E-state index is 12.2. The monoisotopic (exact) mass is 256 g/mol. The lowest BCUT2D eigenvalue weighted by atomic mass is 9.90. The van der Waals surface area contributed by atoms with Gasteiger partial charge in [0.2, 0.25) is 0 Å². The normalized spacial score (nSPS) is 16.2. The summed E-state index contributed by atoms with van der Waals surface area (Å²) in [6, 6.07) is 0. The molecule has 0 spiro atoms. The van der Waals surface area contributed by atoms with Gasteiger partial charge in [-0.1, -0.05) is 13.8 Å². The van der Waals surface area contributed by atoms with Crippen LogP contribution in [0.4, 0.5) is 13.2 Å². The molecule has 0 radical (unpaired) electrons. The molecule has 0 aromatic rings. The number of halogens is 3. The highest BCUT2D eigenvalue weighted by molar-refractivity contribution is 4.73. The van der Waals surface area contributed by atoms with Crippen molar-refractivity contribution in [3.05, 3.63) is 0 Å². The SMILES string of the molecule is COCC(CC(C)C)C(CCC(F)(F)F)OC. The van der Waals surface area contributed by atoms with Gasteiger partial charge in [-0.2, -0.15) is 13.2 Å². The number of hydrogen-bond donors (Lipinski definition) is 0. The van der Waals surface area contributed by atoms with Crippen LogP contribution in [-0.2, 0) is 9.47 Å². The first-order chi connectivity index (χ1) is 7.80. The molecule has 2 atom stereocenters. The van der Waals surface area contributed by atoms with Crippen molar-refractivity contribution >= 4 is 0 Å². The minimum absolute atomic E-state index is 0.000741. The molecule has 0 aromatic carbocycles. The molecule has 0 saturated carbocycles. The highest BCUT2D eigenvalue weighted by Gasteiger charge is 2.31. The largest absolute Gasteiger partial charge is 0.389 e. The lowest BCUT2D eigenvalue weighted by Crippen LogP contribution is -2.29. The summed E-state index contributed by atoms with van der Waals surface area (Å²) in [5, 5.41) is 0. The van der Waals surface area contributed by atoms with Crippen LogP contribution in [0.3, 0.4) is 0 Å². The maximum atomic E-state index is 12.2. The molecular weight excluding hydrogens is 233 g/mol. The van der Waals surface area contributed by atoms with Gasteiger partial charge in [0, 0.05) is 26.6 Å². The van der Waals surface area contributed by atoms with Crippen molar-refractivity contribution in [2.45, 2.75) is 45.4 Å². The molecule has 0 bridgehead atoms. The Kier molecular flexibility index (Phi) is 7.79. The molecule has 2 nitrogen and oxygen atoms in total. The summed E-state index contributed by atoms with van der Waals surface area (Å²) in [5.41, 5.74) is 0. The van der Waals surface area contributed by atoms with Gasteiger partial charge in [0.15, 0.2) is 0 Å². The van der Waals surface area contributed by atoms with Gasteiger partial charge in [-0.15, -0.1) is 0 Å². The molecule has 0 fully saturated rings. The third kappa shape index (κ3) is 8.44. The Bertz CT molecular complexity index is 193. The van der Waals surface area contributed by atoms with Crippen LogP contribution >= 0.6 is 0 Å². The maximum Gasteiger partial charge on any atom is 0.389 e. The van der Waals surface area contributed by atoms with Gasteiger partial charge in [0.05, 0.1) is 12.7 Å². The second kappa shape index (κ2) is 7.93. The Labute approximate surface area is 101 Å². The Morgan fingerprint density at radius 1 is 1.12 bits per heavy atom. The third-order valence-electron chi connectivity index (χ3n) is 2.70. The summed E-state index contributed by atoms with van der Waals surface area (Å²) in [4.78, 5) is 0. The molecular formula is C12H23F3O2. The zero-order valence-electron chi connectivity index (χ0n) is 11.0. The molecule has 104 valence electrons. The molecule has 0 heterocycles. The van der Waals surface area contributed by atoms with Crippen molar-refractivity contribution in [3.63, 3.8) is 0 Å². The van der Waals surface area contributed by atoms with Crippen molar-refractivity contribution in [3.8, 4) is 0 Å². The van der Waals surface area contributed by atoms with Gasteiger partial charge in [-0.25, -0.2) is 0 Å². The fourth-order valence-corrected chi connectivity index (χ4v) is 2.00. The summed E-state index contributed by atoms with van der Waals surface area (Å²) in [5.74, 6) is 0.436. The minimum atomic E-state index is -4.12. The molecule has 0 amide bonds. The van der Waals surface area contributed by atoms with Crippen molar-refractivity contribution in [2.75, 3.05) is 20.8 Å². The lowest BCUT2D eigenvalue weighted by molar-refractivity contribution is -0.144. The molecule has 0 N–H and O–H groups in total. The van der Waals surface area contributed by atoms with E-state index in [2.05, 4.69) is 0 Å². The average Bonchev–Trinajstić information content (AvgIpc) is 2.16. The quantitative estimate of drug-likeness (QED) is 0.660. The standard InChI is InChI=1S/C12H23F3O2/c1-9(2)7-10(8-16-3)11(17-4)5-6-12(13,14)15/h9-11H,5-8H2,1-4H3. The van der Waals surface area contributed by atoms with Crippen LogP contribution < -0.4 is 0 Å². The molecule has 5 heteroatoms.